The lowest BCUT2D eigenvalue weighted by molar-refractivity contribution is -0.122. The Morgan fingerprint density at radius 2 is 1.06 bits per heavy atom. The molecule has 0 saturated carbocycles. The van der Waals surface area contributed by atoms with Gasteiger partial charge < -0.3 is 20.4 Å². The van der Waals surface area contributed by atoms with E-state index in [1.807, 2.05) is 25.9 Å². The molecule has 0 aliphatic carbocycles. The second kappa shape index (κ2) is 25.0. The van der Waals surface area contributed by atoms with Crippen molar-refractivity contribution in [2.45, 2.75) is 167 Å². The molecule has 1 amide bonds. The Bertz CT molecular complexity index is 459. The lowest BCUT2D eigenvalue weighted by Crippen LogP contribution is -2.55. The summed E-state index contributed by atoms with van der Waals surface area (Å²) in [5.41, 5.74) is 0. The Balaban J connectivity index is 3.53. The van der Waals surface area contributed by atoms with E-state index >= 15 is 0 Å². The second-order valence-electron chi connectivity index (χ2n) is 10.9. The molecule has 0 spiro atoms. The molecule has 3 N–H and O–H groups in total. The molecule has 0 aromatic rings. The van der Waals surface area contributed by atoms with Crippen molar-refractivity contribution in [1.82, 2.24) is 10.2 Å². The van der Waals surface area contributed by atoms with Crippen LogP contribution in [-0.2, 0) is 4.79 Å². The van der Waals surface area contributed by atoms with E-state index in [1.54, 1.807) is 0 Å². The number of likely N-dealkylation sites (N-methyl/N-ethyl adjacent to an activating group) is 1. The van der Waals surface area contributed by atoms with Crippen LogP contribution in [0.2, 0.25) is 0 Å². The third kappa shape index (κ3) is 20.1. The first-order valence-corrected chi connectivity index (χ1v) is 15.2. The second-order valence-corrected chi connectivity index (χ2v) is 10.9. The minimum absolute atomic E-state index is 0.0563. The van der Waals surface area contributed by atoms with Crippen molar-refractivity contribution >= 4 is 5.91 Å². The van der Waals surface area contributed by atoms with Gasteiger partial charge in [-0.05, 0) is 26.9 Å². The van der Waals surface area contributed by atoms with E-state index in [0.29, 0.717) is 6.42 Å². The number of hydrogen-bond donors (Lipinski definition) is 3. The number of amides is 1. The Morgan fingerprint density at radius 1 is 0.686 bits per heavy atom. The molecular formula is C30H62N2O3. The van der Waals surface area contributed by atoms with E-state index in [4.69, 9.17) is 0 Å². The molecule has 210 valence electrons. The number of rotatable bonds is 26. The van der Waals surface area contributed by atoms with Crippen LogP contribution in [-0.4, -0.2) is 59.9 Å². The largest absolute Gasteiger partial charge is 0.394 e. The van der Waals surface area contributed by atoms with Crippen molar-refractivity contribution in [2.24, 2.45) is 0 Å². The molecule has 35 heavy (non-hydrogen) atoms. The maximum Gasteiger partial charge on any atom is 0.220 e. The summed E-state index contributed by atoms with van der Waals surface area (Å²) in [6.45, 7) is 3.99. The highest BCUT2D eigenvalue weighted by molar-refractivity contribution is 5.76. The van der Waals surface area contributed by atoms with Crippen LogP contribution < -0.4 is 5.32 Å². The van der Waals surface area contributed by atoms with E-state index in [2.05, 4.69) is 12.2 Å². The molecule has 0 fully saturated rings. The number of aliphatic hydroxyl groups is 2. The topological polar surface area (TPSA) is 72.8 Å². The molecule has 3 unspecified atom stereocenters. The highest BCUT2D eigenvalue weighted by Crippen LogP contribution is 2.15. The first-order valence-electron chi connectivity index (χ1n) is 15.2. The fourth-order valence-electron chi connectivity index (χ4n) is 5.15. The Hall–Kier alpha value is -0.650. The summed E-state index contributed by atoms with van der Waals surface area (Å²) in [6.07, 6.45) is 26.1. The van der Waals surface area contributed by atoms with Crippen molar-refractivity contribution in [3.05, 3.63) is 0 Å². The Morgan fingerprint density at radius 3 is 1.37 bits per heavy atom. The van der Waals surface area contributed by atoms with Crippen molar-refractivity contribution < 1.29 is 15.0 Å². The quantitative estimate of drug-likeness (QED) is 0.112. The predicted molar refractivity (Wildman–Crippen MR) is 151 cm³/mol. The number of nitrogens with zero attached hydrogens (tertiary/aromatic N) is 1. The number of nitrogens with one attached hydrogen (secondary N) is 1. The fourth-order valence-corrected chi connectivity index (χ4v) is 5.15. The summed E-state index contributed by atoms with van der Waals surface area (Å²) < 4.78 is 0. The lowest BCUT2D eigenvalue weighted by atomic mass is 9.98. The summed E-state index contributed by atoms with van der Waals surface area (Å²) in [6, 6.07) is -0.431. The third-order valence-corrected chi connectivity index (χ3v) is 7.38. The van der Waals surface area contributed by atoms with Gasteiger partial charge in [0.25, 0.3) is 0 Å². The van der Waals surface area contributed by atoms with E-state index in [9.17, 15) is 15.0 Å². The van der Waals surface area contributed by atoms with E-state index in [1.165, 1.54) is 109 Å². The van der Waals surface area contributed by atoms with Crippen molar-refractivity contribution in [3.63, 3.8) is 0 Å². The summed E-state index contributed by atoms with van der Waals surface area (Å²) in [4.78, 5) is 14.2. The SMILES string of the molecule is CCCCCCCCCCCCCCCCCCCCCC(=O)NC(CC)C(C(O)CO)N(C)C. The number of carbonyl (C=O) groups is 1. The monoisotopic (exact) mass is 498 g/mol. The molecule has 5 nitrogen and oxygen atoms in total. The summed E-state index contributed by atoms with van der Waals surface area (Å²) in [5.74, 6) is 0.0563. The lowest BCUT2D eigenvalue weighted by Gasteiger charge is -2.35. The minimum atomic E-state index is -0.856. The molecule has 5 heteroatoms. The summed E-state index contributed by atoms with van der Waals surface area (Å²) >= 11 is 0. The van der Waals surface area contributed by atoms with Gasteiger partial charge in [-0.3, -0.25) is 4.79 Å². The molecule has 3 atom stereocenters. The molecule has 0 saturated heterocycles. The molecule has 0 bridgehead atoms. The van der Waals surface area contributed by atoms with Crippen molar-refractivity contribution in [3.8, 4) is 0 Å². The standard InChI is InChI=1S/C30H62N2O3/c1-5-7-8-9-10-11-12-13-14-15-16-17-18-19-20-21-22-23-24-25-29(35)31-27(6-2)30(32(3)4)28(34)26-33/h27-28,30,33-34H,5-26H2,1-4H3,(H,31,35). The zero-order valence-corrected chi connectivity index (χ0v) is 24.0. The van der Waals surface area contributed by atoms with E-state index in [0.717, 1.165) is 19.3 Å². The van der Waals surface area contributed by atoms with Gasteiger partial charge in [0, 0.05) is 12.5 Å². The van der Waals surface area contributed by atoms with Gasteiger partial charge in [-0.2, -0.15) is 0 Å². The summed E-state index contributed by atoms with van der Waals surface area (Å²) in [5, 5.41) is 22.5. The van der Waals surface area contributed by atoms with Crippen LogP contribution in [0.3, 0.4) is 0 Å². The molecule has 0 heterocycles. The van der Waals surface area contributed by atoms with Crippen molar-refractivity contribution in [1.29, 1.82) is 0 Å². The van der Waals surface area contributed by atoms with Gasteiger partial charge in [-0.25, -0.2) is 0 Å². The van der Waals surface area contributed by atoms with Crippen LogP contribution in [0, 0.1) is 0 Å². The average molecular weight is 499 g/mol. The fraction of sp³-hybridized carbons (Fsp3) is 0.967. The van der Waals surface area contributed by atoms with Gasteiger partial charge in [-0.1, -0.05) is 129 Å². The molecule has 0 rings (SSSR count). The van der Waals surface area contributed by atoms with Gasteiger partial charge >= 0.3 is 0 Å². The third-order valence-electron chi connectivity index (χ3n) is 7.38. The molecule has 0 aliphatic heterocycles. The number of unbranched alkanes of at least 4 members (excludes halogenated alkanes) is 18. The van der Waals surface area contributed by atoms with Gasteiger partial charge in [0.15, 0.2) is 0 Å². The van der Waals surface area contributed by atoms with E-state index < -0.39 is 6.10 Å². The molecular weight excluding hydrogens is 436 g/mol. The summed E-state index contributed by atoms with van der Waals surface area (Å²) in [7, 11) is 3.74. The average Bonchev–Trinajstić information content (AvgIpc) is 2.84. The van der Waals surface area contributed by atoms with Crippen LogP contribution in [0.4, 0.5) is 0 Å². The number of aliphatic hydroxyl groups excluding tert-OH is 2. The van der Waals surface area contributed by atoms with E-state index in [-0.39, 0.29) is 24.6 Å². The smallest absolute Gasteiger partial charge is 0.220 e. The zero-order chi connectivity index (χ0) is 26.2. The maximum absolute atomic E-state index is 12.4. The van der Waals surface area contributed by atoms with Crippen LogP contribution in [0.5, 0.6) is 0 Å². The van der Waals surface area contributed by atoms with Crippen molar-refractivity contribution in [2.75, 3.05) is 20.7 Å². The Kier molecular flexibility index (Phi) is 24.6. The van der Waals surface area contributed by atoms with Gasteiger partial charge in [0.2, 0.25) is 5.91 Å². The minimum Gasteiger partial charge on any atom is -0.394 e. The number of hydrogen-bond acceptors (Lipinski definition) is 4. The predicted octanol–water partition coefficient (Wildman–Crippen LogP) is 6.99. The molecule has 0 aliphatic rings. The van der Waals surface area contributed by atoms with Crippen LogP contribution in [0.15, 0.2) is 0 Å². The van der Waals surface area contributed by atoms with Gasteiger partial charge in [0.05, 0.1) is 18.8 Å². The van der Waals surface area contributed by atoms with Crippen LogP contribution in [0.1, 0.15) is 149 Å². The Labute approximate surface area is 218 Å². The van der Waals surface area contributed by atoms with Gasteiger partial charge in [0.1, 0.15) is 0 Å². The van der Waals surface area contributed by atoms with Crippen LogP contribution >= 0.6 is 0 Å². The van der Waals surface area contributed by atoms with Gasteiger partial charge in [-0.15, -0.1) is 0 Å². The number of carbonyl (C=O) groups excluding carboxylic acids is 1. The first kappa shape index (κ1) is 34.4. The molecule has 0 aromatic carbocycles. The first-order chi connectivity index (χ1) is 17.0. The van der Waals surface area contributed by atoms with Crippen LogP contribution in [0.25, 0.3) is 0 Å². The highest BCUT2D eigenvalue weighted by Gasteiger charge is 2.29. The maximum atomic E-state index is 12.4. The highest BCUT2D eigenvalue weighted by atomic mass is 16.3. The molecule has 0 radical (unpaired) electrons. The normalized spacial score (nSPS) is 14.3. The zero-order valence-electron chi connectivity index (χ0n) is 24.0. The molecule has 0 aromatic heterocycles.